The molecule has 78 heavy (non-hydrogen) atoms. The molecule has 5 amide bonds. The van der Waals surface area contributed by atoms with Crippen molar-refractivity contribution in [1.82, 2.24) is 30.7 Å². The molecule has 3 aromatic rings. The molecular formula is C50H73N9O17S2. The lowest BCUT2D eigenvalue weighted by molar-refractivity contribution is -0.776. The Bertz CT molecular complexity index is 2860. The molecule has 0 bridgehead atoms. The maximum absolute atomic E-state index is 14.3. The molecule has 1 aromatic carbocycles. The van der Waals surface area contributed by atoms with Crippen LogP contribution in [-0.4, -0.2) is 139 Å². The summed E-state index contributed by atoms with van der Waals surface area (Å²) in [5.41, 5.74) is -5.53. The zero-order valence-electron chi connectivity index (χ0n) is 46.7. The number of hydrogen-bond donors (Lipinski definition) is 5. The molecule has 1 fully saturated rings. The molecule has 0 saturated carbocycles. The average Bonchev–Trinajstić information content (AvgIpc) is 3.91. The highest BCUT2D eigenvalue weighted by atomic mass is 32.3. The van der Waals surface area contributed by atoms with E-state index in [-0.39, 0.29) is 30.3 Å². The second-order valence-corrected chi connectivity index (χ2v) is 25.1. The lowest BCUT2D eigenvalue weighted by Gasteiger charge is -2.51. The summed E-state index contributed by atoms with van der Waals surface area (Å²) >= 11 is 0.876. The number of amides is 5. The molecule has 2 aliphatic heterocycles. The second kappa shape index (κ2) is 23.8. The number of nitrogens with zero attached hydrogens (tertiary/aromatic N) is 5. The summed E-state index contributed by atoms with van der Waals surface area (Å²) in [7, 11) is -5.38. The minimum absolute atomic E-state index is 0.0364. The Labute approximate surface area is 457 Å². The number of hydrogen-bond acceptors (Lipinski definition) is 20. The molecule has 0 radical (unpaired) electrons. The topological polar surface area (TPSA) is 330 Å². The zero-order valence-corrected chi connectivity index (χ0v) is 48.3. The SMILES string of the molecule is CC(C)(C)OC(=O)NCCC[n+]1cc(-c2ccc3c(c2)CCC(C(C)(O/N=C(\C(=O)NC2C(=O)N(OS(=O)(=O)[O-])C2(C)C)c2csc(NC(=O)OC(C)(C)C)n2)C(=O)OC(C)(C)C)O3)cn1CC(O)CNC(=O)OC(C)(C)C. The summed E-state index contributed by atoms with van der Waals surface area (Å²) in [6.07, 6.45) is 0.482. The number of oxime groups is 1. The summed E-state index contributed by atoms with van der Waals surface area (Å²) in [6, 6.07) is 3.97. The molecule has 4 heterocycles. The van der Waals surface area contributed by atoms with Crippen molar-refractivity contribution in [2.75, 3.05) is 18.4 Å². The number of anilines is 1. The van der Waals surface area contributed by atoms with Crippen molar-refractivity contribution in [3.8, 4) is 16.9 Å². The molecule has 1 saturated heterocycles. The predicted molar refractivity (Wildman–Crippen MR) is 279 cm³/mol. The van der Waals surface area contributed by atoms with Crippen molar-refractivity contribution in [3.63, 3.8) is 0 Å². The number of ether oxygens (including phenoxy) is 5. The lowest BCUT2D eigenvalue weighted by Crippen LogP contribution is -2.76. The second-order valence-electron chi connectivity index (χ2n) is 23.3. The van der Waals surface area contributed by atoms with Gasteiger partial charge in [0, 0.05) is 24.9 Å². The van der Waals surface area contributed by atoms with E-state index in [1.54, 1.807) is 99.9 Å². The molecule has 0 aliphatic carbocycles. The van der Waals surface area contributed by atoms with Crippen LogP contribution in [-0.2, 0) is 72.4 Å². The molecule has 5 rings (SSSR count). The Kier molecular flexibility index (Phi) is 19.0. The first-order chi connectivity index (χ1) is 35.7. The molecular weight excluding hydrogens is 1060 g/mol. The minimum atomic E-state index is -5.38. The molecule has 26 nitrogen and oxygen atoms in total. The van der Waals surface area contributed by atoms with Gasteiger partial charge < -0.3 is 54.1 Å². The molecule has 5 N–H and O–H groups in total. The summed E-state index contributed by atoms with van der Waals surface area (Å²) in [4.78, 5) is 89.4. The number of thiazole rings is 1. The van der Waals surface area contributed by atoms with Gasteiger partial charge in [-0.3, -0.25) is 14.9 Å². The third kappa shape index (κ3) is 17.7. The number of alkyl carbamates (subject to hydrolysis) is 2. The number of β-lactam (4-membered cyclic amide) rings is 1. The highest BCUT2D eigenvalue weighted by Gasteiger charge is 2.58. The van der Waals surface area contributed by atoms with Gasteiger partial charge in [0.2, 0.25) is 16.6 Å². The summed E-state index contributed by atoms with van der Waals surface area (Å²) < 4.78 is 70.6. The Morgan fingerprint density at radius 2 is 1.51 bits per heavy atom. The van der Waals surface area contributed by atoms with E-state index >= 15 is 0 Å². The summed E-state index contributed by atoms with van der Waals surface area (Å²) in [5.74, 6) is -2.73. The van der Waals surface area contributed by atoms with Crippen LogP contribution in [0.5, 0.6) is 5.75 Å². The van der Waals surface area contributed by atoms with E-state index in [2.05, 4.69) is 35.7 Å². The predicted octanol–water partition coefficient (Wildman–Crippen LogP) is 4.76. The Morgan fingerprint density at radius 3 is 2.10 bits per heavy atom. The van der Waals surface area contributed by atoms with Crippen molar-refractivity contribution in [3.05, 3.63) is 47.2 Å². The van der Waals surface area contributed by atoms with Crippen LogP contribution in [0.3, 0.4) is 0 Å². The lowest BCUT2D eigenvalue weighted by atomic mass is 9.84. The fourth-order valence-corrected chi connectivity index (χ4v) is 8.83. The number of rotatable bonds is 19. The van der Waals surface area contributed by atoms with Crippen LogP contribution in [0.15, 0.2) is 41.1 Å². The van der Waals surface area contributed by atoms with E-state index in [9.17, 15) is 46.8 Å². The molecule has 432 valence electrons. The smallest absolute Gasteiger partial charge is 0.413 e. The van der Waals surface area contributed by atoms with Gasteiger partial charge in [-0.2, -0.15) is 14.0 Å². The number of hydroxylamine groups is 2. The van der Waals surface area contributed by atoms with Crippen LogP contribution in [0.4, 0.5) is 19.5 Å². The third-order valence-corrected chi connectivity index (χ3v) is 12.3. The summed E-state index contributed by atoms with van der Waals surface area (Å²) in [5, 5.41) is 27.1. The van der Waals surface area contributed by atoms with E-state index in [0.717, 1.165) is 28.0 Å². The standard InChI is InChI=1S/C50H73N9O17S2/c1-45(2,3)71-40(63)50(15,75-56-36(33-28-77-41(53-33)55-44(66)74-48(10,11)12)38(61)54-37-39(62)59(49(37,13)14)76-78(67,68)69)35-20-18-30-23-29(17-19-34(30)70-35)31-25-57(22-16-21-51-42(64)72-46(4,5)6)58(26-31)27-32(60)24-52-43(65)73-47(7,8)9/h17,19,23,25-26,28,32,35,37,60H,16,18,20-22,24,27H2,1-15H3,(H4-,51,52,53,54,55,61,64,65,66,67,68,69)/b56-36-. The van der Waals surface area contributed by atoms with Crippen LogP contribution < -0.4 is 30.7 Å². The number of benzene rings is 1. The number of aryl methyl sites for hydroxylation is 2. The summed E-state index contributed by atoms with van der Waals surface area (Å²) in [6.45, 7) is 25.1. The van der Waals surface area contributed by atoms with Gasteiger partial charge in [0.15, 0.2) is 23.5 Å². The van der Waals surface area contributed by atoms with Crippen molar-refractivity contribution >= 4 is 68.6 Å². The average molecular weight is 1140 g/mol. The van der Waals surface area contributed by atoms with Crippen LogP contribution in [0, 0.1) is 0 Å². The number of carbonyl (C=O) groups excluding carboxylic acids is 6. The zero-order chi connectivity index (χ0) is 58.6. The van der Waals surface area contributed by atoms with Crippen molar-refractivity contribution in [1.29, 1.82) is 0 Å². The maximum atomic E-state index is 14.3. The first-order valence-electron chi connectivity index (χ1n) is 25.0. The fourth-order valence-electron chi connectivity index (χ4n) is 7.70. The number of nitrogens with one attached hydrogen (secondary N) is 4. The highest BCUT2D eigenvalue weighted by Crippen LogP contribution is 2.38. The van der Waals surface area contributed by atoms with Gasteiger partial charge in [-0.25, -0.2) is 32.6 Å². The quantitative estimate of drug-likeness (QED) is 0.0124. The van der Waals surface area contributed by atoms with Gasteiger partial charge in [-0.15, -0.1) is 16.0 Å². The molecule has 4 atom stereocenters. The van der Waals surface area contributed by atoms with E-state index in [4.69, 9.17) is 28.5 Å². The van der Waals surface area contributed by atoms with Gasteiger partial charge in [-0.1, -0.05) is 11.2 Å². The molecule has 0 spiro atoms. The van der Waals surface area contributed by atoms with Gasteiger partial charge in [0.1, 0.15) is 46.4 Å². The van der Waals surface area contributed by atoms with Crippen LogP contribution >= 0.6 is 11.3 Å². The van der Waals surface area contributed by atoms with Crippen LogP contribution in [0.1, 0.15) is 128 Å². The maximum Gasteiger partial charge on any atom is 0.413 e. The van der Waals surface area contributed by atoms with Crippen LogP contribution in [0.25, 0.3) is 11.1 Å². The van der Waals surface area contributed by atoms with Crippen molar-refractivity contribution < 1.29 is 84.3 Å². The van der Waals surface area contributed by atoms with Crippen LogP contribution in [0.2, 0.25) is 0 Å². The van der Waals surface area contributed by atoms with Gasteiger partial charge in [-0.05, 0) is 140 Å². The number of aliphatic hydroxyl groups is 1. The van der Waals surface area contributed by atoms with Gasteiger partial charge in [0.25, 0.3) is 17.4 Å². The number of aliphatic hydroxyl groups excluding tert-OH is 1. The van der Waals surface area contributed by atoms with Crippen molar-refractivity contribution in [2.45, 2.75) is 188 Å². The molecule has 2 aliphatic rings. The van der Waals surface area contributed by atoms with E-state index in [1.165, 1.54) is 26.2 Å². The monoisotopic (exact) mass is 1140 g/mol. The number of carbonyl (C=O) groups is 6. The number of fused-ring (bicyclic) bond motifs is 1. The molecule has 2 aromatic heterocycles. The molecule has 4 unspecified atom stereocenters. The first-order valence-corrected chi connectivity index (χ1v) is 27.2. The third-order valence-electron chi connectivity index (χ3n) is 11.2. The Hall–Kier alpha value is -6.62. The Balaban J connectivity index is 1.45. The van der Waals surface area contributed by atoms with E-state index < -0.39 is 104 Å². The van der Waals surface area contributed by atoms with E-state index in [0.29, 0.717) is 36.7 Å². The Morgan fingerprint density at radius 1 is 0.910 bits per heavy atom. The van der Waals surface area contributed by atoms with Gasteiger partial charge in [0.05, 0.1) is 23.4 Å². The first kappa shape index (κ1) is 62.2. The largest absolute Gasteiger partial charge is 0.724 e. The fraction of sp³-hybridized carbons (Fsp3) is 0.620. The van der Waals surface area contributed by atoms with E-state index in [1.807, 2.05) is 23.1 Å². The van der Waals surface area contributed by atoms with Crippen molar-refractivity contribution in [2.24, 2.45) is 5.16 Å². The normalized spacial score (nSPS) is 17.9. The number of esters is 1. The van der Waals surface area contributed by atoms with Gasteiger partial charge >= 0.3 is 24.2 Å². The number of aromatic nitrogens is 3. The molecule has 28 heteroatoms. The highest BCUT2D eigenvalue weighted by molar-refractivity contribution is 7.80. The minimum Gasteiger partial charge on any atom is -0.724 e.